The van der Waals surface area contributed by atoms with Crippen LogP contribution >= 0.6 is 0 Å². The Balaban J connectivity index is 0.000000132. The highest BCUT2D eigenvalue weighted by Gasteiger charge is 2.38. The van der Waals surface area contributed by atoms with Crippen LogP contribution in [-0.2, 0) is 5.41 Å². The molecule has 0 amide bonds. The van der Waals surface area contributed by atoms with Crippen LogP contribution in [0.3, 0.4) is 0 Å². The third-order valence-corrected chi connectivity index (χ3v) is 28.4. The van der Waals surface area contributed by atoms with Crippen LogP contribution in [0.15, 0.2) is 429 Å². The van der Waals surface area contributed by atoms with Crippen molar-refractivity contribution in [3.63, 3.8) is 0 Å². The first kappa shape index (κ1) is 73.8. The number of fused-ring (bicyclic) bond motifs is 27. The number of benzene rings is 21. The van der Waals surface area contributed by atoms with Crippen LogP contribution in [-0.4, -0.2) is 38.2 Å². The first-order valence-electron chi connectivity index (χ1n) is 45.3. The van der Waals surface area contributed by atoms with Crippen molar-refractivity contribution in [2.45, 2.75) is 19.3 Å². The molecule has 0 unspecified atom stereocenters. The Morgan fingerprint density at radius 2 is 0.689 bits per heavy atom. The van der Waals surface area contributed by atoms with Gasteiger partial charge in [0.25, 0.3) is 0 Å². The molecular weight excluding hydrogens is 1610 g/mol. The van der Waals surface area contributed by atoms with Crippen LogP contribution in [0.25, 0.3) is 264 Å². The van der Waals surface area contributed by atoms with E-state index in [4.69, 9.17) is 24.4 Å². The molecule has 0 fully saturated rings. The van der Waals surface area contributed by atoms with Crippen molar-refractivity contribution in [1.29, 1.82) is 0 Å². The number of rotatable bonds is 8. The van der Waals surface area contributed by atoms with Gasteiger partial charge in [-0.2, -0.15) is 0 Å². The summed E-state index contributed by atoms with van der Waals surface area (Å²) in [5.74, 6) is 1.42. The zero-order chi connectivity index (χ0) is 86.7. The Morgan fingerprint density at radius 1 is 0.227 bits per heavy atom. The van der Waals surface area contributed by atoms with Crippen LogP contribution in [0.5, 0.6) is 0 Å². The zero-order valence-corrected chi connectivity index (χ0v) is 71.9. The summed E-state index contributed by atoms with van der Waals surface area (Å²) in [6.07, 6.45) is 0. The van der Waals surface area contributed by atoms with Gasteiger partial charge in [-0.05, 0) is 158 Å². The third-order valence-electron chi connectivity index (χ3n) is 28.4. The van der Waals surface area contributed by atoms with Crippen molar-refractivity contribution in [3.8, 4) is 79.2 Å². The van der Waals surface area contributed by atoms with Gasteiger partial charge in [0.2, 0.25) is 0 Å². The van der Waals surface area contributed by atoms with Gasteiger partial charge in [-0.3, -0.25) is 0 Å². The summed E-state index contributed by atoms with van der Waals surface area (Å²) < 4.78 is 16.2. The Morgan fingerprint density at radius 3 is 1.41 bits per heavy atom. The number of aromatic nitrogens is 8. The van der Waals surface area contributed by atoms with Gasteiger partial charge in [0.15, 0.2) is 11.6 Å². The lowest BCUT2D eigenvalue weighted by atomic mass is 9.80. The van der Waals surface area contributed by atoms with Crippen LogP contribution in [0.1, 0.15) is 25.0 Å². The first-order valence-corrected chi connectivity index (χ1v) is 45.3. The van der Waals surface area contributed by atoms with E-state index in [-0.39, 0.29) is 5.41 Å². The molecule has 0 N–H and O–H groups in total. The minimum atomic E-state index is -0.192. The monoisotopic (exact) mass is 1680 g/mol. The Kier molecular flexibility index (Phi) is 15.8. The molecule has 9 heteroatoms. The highest BCUT2D eigenvalue weighted by atomic mass is 16.3. The maximum absolute atomic E-state index is 6.32. The number of para-hydroxylation sites is 6. The van der Waals surface area contributed by atoms with Crippen LogP contribution in [0.2, 0.25) is 0 Å². The summed E-state index contributed by atoms with van der Waals surface area (Å²) in [6.45, 7) is 4.65. The summed E-state index contributed by atoms with van der Waals surface area (Å²) in [6, 6.07) is 154. The van der Waals surface area contributed by atoms with Crippen molar-refractivity contribution >= 4 is 185 Å². The van der Waals surface area contributed by atoms with Gasteiger partial charge in [0.05, 0.1) is 77.9 Å². The van der Waals surface area contributed by atoms with Crippen molar-refractivity contribution in [2.75, 3.05) is 0 Å². The highest BCUT2D eigenvalue weighted by molar-refractivity contribution is 6.24. The number of hydrogen-bond donors (Lipinski definition) is 0. The molecule has 0 saturated carbocycles. The minimum absolute atomic E-state index is 0.192. The van der Waals surface area contributed by atoms with E-state index in [1.54, 1.807) is 0 Å². The standard InChI is InChI=1S/C62H36N4O.C61H40N4/c1-2-17-39-37(15-1)31-32-45-42-20-6-11-27-53(42)66(61(39)45)54-28-13-16-38-35-50-43-21-7-10-26-52(43)65(56(50)36-49(38)54)55-34-33-44(40-18-3-4-19-41(40)55)60-46-22-5-9-25-51(46)63-62(64-60)48-24-14-30-58-59(48)47-23-8-12-29-57(47)67-58;1-61(2)52-23-10-7-18-44(52)47-21-13-22-50(57(47)61)60-62-53-24-11-8-20-49(53)58(63-60)38-26-29-41(30-27-38)64-55-35-40-16-4-3-15-39(40)34-51(55)46-33-31-42(36-56(46)64)65-54-25-12-9-19-45(54)48-32-28-37-14-5-6-17-43(37)59(48)65/h1-36H;3-36H,1-2H3. The number of hydrogen-bond acceptors (Lipinski definition) is 5. The summed E-state index contributed by atoms with van der Waals surface area (Å²) in [7, 11) is 0. The van der Waals surface area contributed by atoms with E-state index >= 15 is 0 Å². The fourth-order valence-corrected chi connectivity index (χ4v) is 22.5. The summed E-state index contributed by atoms with van der Waals surface area (Å²) in [5, 5.41) is 26.0. The van der Waals surface area contributed by atoms with Crippen LogP contribution in [0.4, 0.5) is 0 Å². The van der Waals surface area contributed by atoms with Crippen molar-refractivity contribution < 1.29 is 4.42 Å². The number of nitrogens with zero attached hydrogens (tertiary/aromatic N) is 8. The predicted molar refractivity (Wildman–Crippen MR) is 551 cm³/mol. The molecule has 21 aromatic carbocycles. The normalized spacial score (nSPS) is 12.7. The fourth-order valence-electron chi connectivity index (χ4n) is 22.5. The second kappa shape index (κ2) is 28.3. The molecule has 9 nitrogen and oxygen atoms in total. The smallest absolute Gasteiger partial charge is 0.161 e. The van der Waals surface area contributed by atoms with Crippen molar-refractivity contribution in [2.24, 2.45) is 0 Å². The maximum atomic E-state index is 6.32. The molecule has 7 heterocycles. The van der Waals surface area contributed by atoms with Gasteiger partial charge in [-0.25, -0.2) is 19.9 Å². The first-order chi connectivity index (χ1) is 65.2. The lowest BCUT2D eigenvalue weighted by molar-refractivity contribution is 0.661. The van der Waals surface area contributed by atoms with Gasteiger partial charge in [-0.15, -0.1) is 0 Å². The molecule has 1 aliphatic carbocycles. The lowest BCUT2D eigenvalue weighted by Gasteiger charge is -2.24. The van der Waals surface area contributed by atoms with E-state index in [2.05, 4.69) is 432 Å². The van der Waals surface area contributed by atoms with Crippen LogP contribution in [0, 0.1) is 0 Å². The molecule has 1 aliphatic rings. The second-order valence-electron chi connectivity index (χ2n) is 35.8. The second-order valence-corrected chi connectivity index (χ2v) is 35.8. The molecule has 0 bridgehead atoms. The third kappa shape index (κ3) is 10.8. The van der Waals surface area contributed by atoms with E-state index in [0.717, 1.165) is 133 Å². The Hall–Kier alpha value is -17.4. The Bertz CT molecular complexity index is 9860. The van der Waals surface area contributed by atoms with Gasteiger partial charge in [-0.1, -0.05) is 335 Å². The van der Waals surface area contributed by atoms with E-state index in [1.165, 1.54) is 136 Å². The van der Waals surface area contributed by atoms with E-state index in [9.17, 15) is 0 Å². The molecule has 0 spiro atoms. The Labute approximate surface area is 756 Å². The number of furan rings is 1. The van der Waals surface area contributed by atoms with E-state index in [0.29, 0.717) is 5.82 Å². The van der Waals surface area contributed by atoms with Crippen molar-refractivity contribution in [1.82, 2.24) is 38.2 Å². The average molecular weight is 1680 g/mol. The summed E-state index contributed by atoms with van der Waals surface area (Å²) >= 11 is 0. The molecule has 0 aliphatic heterocycles. The minimum Gasteiger partial charge on any atom is -0.456 e. The molecular formula is C123H76N8O. The molecule has 0 saturated heterocycles. The molecule has 0 atom stereocenters. The quantitative estimate of drug-likeness (QED) is 0.151. The van der Waals surface area contributed by atoms with Crippen LogP contribution < -0.4 is 0 Å². The van der Waals surface area contributed by atoms with E-state index < -0.39 is 0 Å². The molecule has 28 aromatic rings. The average Bonchev–Trinajstić information content (AvgIpc) is 1.85. The molecule has 0 radical (unpaired) electrons. The summed E-state index contributed by atoms with van der Waals surface area (Å²) in [5.41, 5.74) is 28.4. The largest absolute Gasteiger partial charge is 0.456 e. The summed E-state index contributed by atoms with van der Waals surface area (Å²) in [4.78, 5) is 21.4. The highest BCUT2D eigenvalue weighted by Crippen LogP contribution is 2.53. The predicted octanol–water partition coefficient (Wildman–Crippen LogP) is 32.3. The maximum Gasteiger partial charge on any atom is 0.161 e. The van der Waals surface area contributed by atoms with Gasteiger partial charge >= 0.3 is 0 Å². The molecule has 614 valence electrons. The van der Waals surface area contributed by atoms with Gasteiger partial charge < -0.3 is 22.7 Å². The lowest BCUT2D eigenvalue weighted by Crippen LogP contribution is -2.16. The zero-order valence-electron chi connectivity index (χ0n) is 71.9. The molecule has 132 heavy (non-hydrogen) atoms. The fraction of sp³-hybridized carbons (Fsp3) is 0.0244. The van der Waals surface area contributed by atoms with Gasteiger partial charge in [0.1, 0.15) is 11.2 Å². The van der Waals surface area contributed by atoms with Crippen molar-refractivity contribution in [3.05, 3.63) is 436 Å². The SMILES string of the molecule is CC1(C)c2ccccc2-c2cccc(-c3nc(-c4ccc(-n5c6cc(-n7c8ccccc8c8ccc9ccccc9c87)ccc6c6cc7ccccc7cc65)cc4)c4ccccc4n3)c21.c1cc(-n2c3ccccc3c3ccc4ccccc4c32)c2cc3c(cc2c1)c1ccccc1n3-c1ccc(-c2nc(-c3cccc4oc5ccccc5c34)nc3ccccc23)c2ccccc12. The topological polar surface area (TPSA) is 84.4 Å². The van der Waals surface area contributed by atoms with E-state index in [1.807, 2.05) is 24.3 Å². The molecule has 29 rings (SSSR count). The van der Waals surface area contributed by atoms with Gasteiger partial charge in [0, 0.05) is 125 Å². The molecule has 7 aromatic heterocycles.